The predicted octanol–water partition coefficient (Wildman–Crippen LogP) is 11.1. The van der Waals surface area contributed by atoms with Crippen LogP contribution in [0.15, 0.2) is 103 Å². The topological polar surface area (TPSA) is 50.8 Å². The van der Waals surface area contributed by atoms with Crippen molar-refractivity contribution >= 4 is 28.7 Å². The van der Waals surface area contributed by atoms with Gasteiger partial charge in [-0.1, -0.05) is 69.2 Å². The molecule has 5 heteroatoms. The van der Waals surface area contributed by atoms with Gasteiger partial charge in [-0.3, -0.25) is 0 Å². The Morgan fingerprint density at radius 3 is 2.02 bits per heavy atom. The SMILES string of the molecule is CCCCc1ccc(Nc2cc3c(cc2C)Oc2cc(N(CC)c4ccc(CCCC)cc4)ccc2C32OC(=O)c3ccccc32)cc1. The minimum absolute atomic E-state index is 0.329. The Hall–Kier alpha value is -5.03. The van der Waals surface area contributed by atoms with Crippen molar-refractivity contribution in [2.45, 2.75) is 71.8 Å². The number of anilines is 4. The van der Waals surface area contributed by atoms with Gasteiger partial charge in [0.2, 0.25) is 0 Å². The van der Waals surface area contributed by atoms with Crippen LogP contribution in [0.25, 0.3) is 0 Å². The highest BCUT2D eigenvalue weighted by atomic mass is 16.6. The third-order valence-corrected chi connectivity index (χ3v) is 9.79. The van der Waals surface area contributed by atoms with E-state index in [9.17, 15) is 4.79 Å². The molecular formula is C43H44N2O3. The second kappa shape index (κ2) is 13.2. The standard InChI is InChI=1S/C43H44N2O3/c1-5-8-12-30-16-20-32(21-17-30)44-39-28-38-40(26-29(39)4)47-41-27-34(45(7-3)33-22-18-31(19-23-33)13-9-6-2)24-25-37(41)43(38)36-15-11-10-14-35(36)42(46)48-43/h10-11,14-28,44H,5-9,12-13H2,1-4H3. The van der Waals surface area contributed by atoms with Crippen LogP contribution in [0, 0.1) is 6.92 Å². The molecule has 0 aromatic heterocycles. The molecule has 48 heavy (non-hydrogen) atoms. The maximum absolute atomic E-state index is 13.5. The van der Waals surface area contributed by atoms with Gasteiger partial charge in [0, 0.05) is 52.1 Å². The summed E-state index contributed by atoms with van der Waals surface area (Å²) in [6.45, 7) is 9.48. The molecule has 1 spiro atoms. The van der Waals surface area contributed by atoms with Gasteiger partial charge in [0.25, 0.3) is 0 Å². The molecule has 1 unspecified atom stereocenters. The number of rotatable bonds is 11. The lowest BCUT2D eigenvalue weighted by atomic mass is 9.77. The molecule has 0 saturated heterocycles. The fraction of sp³-hybridized carbons (Fsp3) is 0.279. The first-order valence-corrected chi connectivity index (χ1v) is 17.5. The smallest absolute Gasteiger partial charge is 0.340 e. The average molecular weight is 637 g/mol. The molecule has 0 amide bonds. The lowest BCUT2D eigenvalue weighted by molar-refractivity contribution is 0.0224. The molecular weight excluding hydrogens is 592 g/mol. The summed E-state index contributed by atoms with van der Waals surface area (Å²) in [6, 6.07) is 35.7. The summed E-state index contributed by atoms with van der Waals surface area (Å²) in [6.07, 6.45) is 6.93. The first-order chi connectivity index (χ1) is 23.4. The summed E-state index contributed by atoms with van der Waals surface area (Å²) in [4.78, 5) is 15.8. The maximum Gasteiger partial charge on any atom is 0.340 e. The third kappa shape index (κ3) is 5.61. The number of hydrogen-bond donors (Lipinski definition) is 1. The van der Waals surface area contributed by atoms with E-state index in [1.54, 1.807) is 0 Å². The van der Waals surface area contributed by atoms with Crippen LogP contribution in [0.2, 0.25) is 0 Å². The first kappa shape index (κ1) is 31.6. The fourth-order valence-corrected chi connectivity index (χ4v) is 7.14. The maximum atomic E-state index is 13.5. The number of benzene rings is 5. The minimum Gasteiger partial charge on any atom is -0.456 e. The molecule has 244 valence electrons. The van der Waals surface area contributed by atoms with Gasteiger partial charge in [-0.15, -0.1) is 0 Å². The number of esters is 1. The number of aryl methyl sites for hydroxylation is 3. The molecule has 1 atom stereocenters. The lowest BCUT2D eigenvalue weighted by Crippen LogP contribution is -2.33. The number of carbonyl (C=O) groups is 1. The monoisotopic (exact) mass is 636 g/mol. The summed E-state index contributed by atoms with van der Waals surface area (Å²) in [7, 11) is 0. The molecule has 2 aliphatic rings. The Kier molecular flexibility index (Phi) is 8.70. The third-order valence-electron chi connectivity index (χ3n) is 9.79. The van der Waals surface area contributed by atoms with Crippen molar-refractivity contribution in [2.75, 3.05) is 16.8 Å². The largest absolute Gasteiger partial charge is 0.456 e. The zero-order valence-corrected chi connectivity index (χ0v) is 28.4. The normalized spacial score (nSPS) is 15.7. The van der Waals surface area contributed by atoms with E-state index in [0.29, 0.717) is 17.1 Å². The van der Waals surface area contributed by atoms with E-state index in [4.69, 9.17) is 9.47 Å². The molecule has 0 aliphatic carbocycles. The summed E-state index contributed by atoms with van der Waals surface area (Å²) in [5.41, 5.74) is 9.74. The number of hydrogen-bond acceptors (Lipinski definition) is 5. The molecule has 5 nitrogen and oxygen atoms in total. The van der Waals surface area contributed by atoms with E-state index in [0.717, 1.165) is 64.4 Å². The number of fused-ring (bicyclic) bond motifs is 6. The van der Waals surface area contributed by atoms with Crippen molar-refractivity contribution in [1.29, 1.82) is 0 Å². The highest BCUT2D eigenvalue weighted by Gasteiger charge is 2.53. The van der Waals surface area contributed by atoms with Crippen molar-refractivity contribution in [3.05, 3.63) is 142 Å². The van der Waals surface area contributed by atoms with Gasteiger partial charge in [0.05, 0.1) is 5.56 Å². The van der Waals surface area contributed by atoms with Crippen molar-refractivity contribution in [3.63, 3.8) is 0 Å². The number of ether oxygens (including phenoxy) is 2. The molecule has 2 aliphatic heterocycles. The van der Waals surface area contributed by atoms with Gasteiger partial charge in [0.15, 0.2) is 5.60 Å². The predicted molar refractivity (Wildman–Crippen MR) is 196 cm³/mol. The van der Waals surface area contributed by atoms with E-state index in [2.05, 4.69) is 117 Å². The summed E-state index contributed by atoms with van der Waals surface area (Å²) < 4.78 is 13.3. The molecule has 5 aromatic carbocycles. The molecule has 0 bridgehead atoms. The summed E-state index contributed by atoms with van der Waals surface area (Å²) in [5.74, 6) is 1.04. The lowest BCUT2D eigenvalue weighted by Gasteiger charge is -2.38. The van der Waals surface area contributed by atoms with Crippen LogP contribution in [0.5, 0.6) is 11.5 Å². The molecule has 7 rings (SSSR count). The van der Waals surface area contributed by atoms with Gasteiger partial charge in [-0.05, 0) is 111 Å². The number of carbonyl (C=O) groups excluding carboxylic acids is 1. The number of unbranched alkanes of at least 4 members (excludes halogenated alkanes) is 2. The first-order valence-electron chi connectivity index (χ1n) is 17.5. The van der Waals surface area contributed by atoms with Gasteiger partial charge >= 0.3 is 5.97 Å². The fourth-order valence-electron chi connectivity index (χ4n) is 7.14. The number of nitrogens with one attached hydrogen (secondary N) is 1. The Bertz CT molecular complexity index is 1950. The Morgan fingerprint density at radius 2 is 1.33 bits per heavy atom. The van der Waals surface area contributed by atoms with Crippen molar-refractivity contribution < 1.29 is 14.3 Å². The van der Waals surface area contributed by atoms with E-state index < -0.39 is 5.60 Å². The Balaban J connectivity index is 1.30. The van der Waals surface area contributed by atoms with Gasteiger partial charge < -0.3 is 19.7 Å². The number of nitrogens with zero attached hydrogens (tertiary/aromatic N) is 1. The van der Waals surface area contributed by atoms with Crippen LogP contribution >= 0.6 is 0 Å². The summed E-state index contributed by atoms with van der Waals surface area (Å²) >= 11 is 0. The Labute approximate surface area is 284 Å². The van der Waals surface area contributed by atoms with Crippen LogP contribution in [0.1, 0.15) is 90.2 Å². The van der Waals surface area contributed by atoms with Crippen LogP contribution in [-0.2, 0) is 23.2 Å². The highest BCUT2D eigenvalue weighted by Crippen LogP contribution is 2.57. The van der Waals surface area contributed by atoms with Crippen molar-refractivity contribution in [1.82, 2.24) is 0 Å². The zero-order chi connectivity index (χ0) is 33.3. The minimum atomic E-state index is -1.14. The van der Waals surface area contributed by atoms with Crippen LogP contribution in [0.3, 0.4) is 0 Å². The van der Waals surface area contributed by atoms with E-state index in [-0.39, 0.29) is 5.97 Å². The summed E-state index contributed by atoms with van der Waals surface area (Å²) in [5, 5.41) is 3.63. The molecule has 2 heterocycles. The van der Waals surface area contributed by atoms with E-state index in [1.807, 2.05) is 24.3 Å². The van der Waals surface area contributed by atoms with Crippen molar-refractivity contribution in [2.24, 2.45) is 0 Å². The Morgan fingerprint density at radius 1 is 0.688 bits per heavy atom. The average Bonchev–Trinajstić information content (AvgIpc) is 3.40. The second-order valence-electron chi connectivity index (χ2n) is 13.0. The van der Waals surface area contributed by atoms with Crippen LogP contribution in [0.4, 0.5) is 22.7 Å². The zero-order valence-electron chi connectivity index (χ0n) is 28.4. The molecule has 1 N–H and O–H groups in total. The molecule has 0 saturated carbocycles. The van der Waals surface area contributed by atoms with Gasteiger partial charge in [0.1, 0.15) is 11.5 Å². The van der Waals surface area contributed by atoms with Crippen LogP contribution in [-0.4, -0.2) is 12.5 Å². The molecule has 0 radical (unpaired) electrons. The second-order valence-corrected chi connectivity index (χ2v) is 13.0. The highest BCUT2D eigenvalue weighted by molar-refractivity contribution is 5.97. The van der Waals surface area contributed by atoms with Crippen molar-refractivity contribution in [3.8, 4) is 11.5 Å². The van der Waals surface area contributed by atoms with E-state index in [1.165, 1.54) is 36.8 Å². The quantitative estimate of drug-likeness (QED) is 0.146. The molecule has 0 fully saturated rings. The molecule has 5 aromatic rings. The van der Waals surface area contributed by atoms with E-state index >= 15 is 0 Å². The van der Waals surface area contributed by atoms with Gasteiger partial charge in [-0.2, -0.15) is 0 Å². The van der Waals surface area contributed by atoms with Gasteiger partial charge in [-0.25, -0.2) is 4.79 Å². The van der Waals surface area contributed by atoms with Crippen LogP contribution < -0.4 is 15.0 Å².